The number of imide groups is 1. The van der Waals surface area contributed by atoms with Gasteiger partial charge in [-0.3, -0.25) is 19.7 Å². The van der Waals surface area contributed by atoms with Gasteiger partial charge < -0.3 is 9.64 Å². The van der Waals surface area contributed by atoms with Crippen LogP contribution in [0.4, 0.5) is 0 Å². The van der Waals surface area contributed by atoms with E-state index in [1.54, 1.807) is 41.2 Å². The van der Waals surface area contributed by atoms with Crippen LogP contribution in [0.25, 0.3) is 5.69 Å². The summed E-state index contributed by atoms with van der Waals surface area (Å²) in [5.74, 6) is -0.442. The van der Waals surface area contributed by atoms with Crippen molar-refractivity contribution in [3.8, 4) is 17.5 Å². The first-order chi connectivity index (χ1) is 16.0. The zero-order valence-electron chi connectivity index (χ0n) is 17.4. The van der Waals surface area contributed by atoms with E-state index in [-0.39, 0.29) is 24.8 Å². The van der Waals surface area contributed by atoms with Crippen LogP contribution in [0.3, 0.4) is 0 Å². The number of ether oxygens (including phenoxy) is 1. The van der Waals surface area contributed by atoms with Crippen LogP contribution >= 0.6 is 0 Å². The molecule has 10 nitrogen and oxygen atoms in total. The maximum Gasteiger partial charge on any atom is 0.255 e. The molecule has 3 amide bonds. The van der Waals surface area contributed by atoms with Crippen LogP contribution in [0.2, 0.25) is 0 Å². The number of hydrogen-bond acceptors (Lipinski definition) is 7. The van der Waals surface area contributed by atoms with Crippen LogP contribution < -0.4 is 10.1 Å². The molecule has 1 atom stereocenters. The monoisotopic (exact) mass is 442 g/mol. The zero-order valence-corrected chi connectivity index (χ0v) is 17.4. The maximum atomic E-state index is 13.0. The van der Waals surface area contributed by atoms with Gasteiger partial charge in [0.2, 0.25) is 11.8 Å². The van der Waals surface area contributed by atoms with Gasteiger partial charge >= 0.3 is 0 Å². The van der Waals surface area contributed by atoms with Crippen LogP contribution in [0.1, 0.15) is 40.0 Å². The molecule has 164 valence electrons. The summed E-state index contributed by atoms with van der Waals surface area (Å²) >= 11 is 0. The van der Waals surface area contributed by atoms with Crippen molar-refractivity contribution in [3.05, 3.63) is 71.0 Å². The number of nitriles is 1. The Morgan fingerprint density at radius 3 is 2.88 bits per heavy atom. The molecule has 0 spiro atoms. The second-order valence-electron chi connectivity index (χ2n) is 7.82. The Balaban J connectivity index is 1.30. The predicted octanol–water partition coefficient (Wildman–Crippen LogP) is 1.48. The van der Waals surface area contributed by atoms with Crippen LogP contribution in [-0.4, -0.2) is 43.7 Å². The third kappa shape index (κ3) is 3.92. The van der Waals surface area contributed by atoms with Gasteiger partial charge in [-0.15, -0.1) is 5.10 Å². The fourth-order valence-corrected chi connectivity index (χ4v) is 3.99. The van der Waals surface area contributed by atoms with E-state index in [1.165, 1.54) is 4.90 Å². The lowest BCUT2D eigenvalue weighted by Gasteiger charge is -2.29. The minimum absolute atomic E-state index is 0.169. The Morgan fingerprint density at radius 2 is 2.06 bits per heavy atom. The standard InChI is InChI=1S/C23H18N6O4/c24-10-14-2-1-3-18(8-14)33-13-16-12-29(27-26-16)17-5-4-15-11-28(23(32)19(15)9-17)20-6-7-21(30)25-22(20)31/h1-5,8-9,12,20H,6-7,11,13H2,(H,25,30,31). The summed E-state index contributed by atoms with van der Waals surface area (Å²) in [5, 5.41) is 19.5. The first-order valence-electron chi connectivity index (χ1n) is 10.3. The highest BCUT2D eigenvalue weighted by molar-refractivity contribution is 6.05. The third-order valence-corrected chi connectivity index (χ3v) is 5.67. The number of carbonyl (C=O) groups is 3. The quantitative estimate of drug-likeness (QED) is 0.592. The Morgan fingerprint density at radius 1 is 1.18 bits per heavy atom. The smallest absolute Gasteiger partial charge is 0.255 e. The summed E-state index contributed by atoms with van der Waals surface area (Å²) in [6, 6.07) is 13.6. The number of fused-ring (bicyclic) bond motifs is 1. The van der Waals surface area contributed by atoms with Gasteiger partial charge in [0.25, 0.3) is 5.91 Å². The molecule has 5 rings (SSSR count). The van der Waals surface area contributed by atoms with E-state index in [4.69, 9.17) is 10.00 Å². The molecule has 1 fully saturated rings. The molecular weight excluding hydrogens is 424 g/mol. The number of hydrogen-bond donors (Lipinski definition) is 1. The summed E-state index contributed by atoms with van der Waals surface area (Å²) in [4.78, 5) is 38.1. The van der Waals surface area contributed by atoms with E-state index in [0.29, 0.717) is 41.2 Å². The number of amides is 3. The van der Waals surface area contributed by atoms with Gasteiger partial charge in [0.15, 0.2) is 0 Å². The van der Waals surface area contributed by atoms with Crippen molar-refractivity contribution in [2.24, 2.45) is 0 Å². The highest BCUT2D eigenvalue weighted by atomic mass is 16.5. The Hall–Kier alpha value is -4.52. The summed E-state index contributed by atoms with van der Waals surface area (Å²) in [7, 11) is 0. The lowest BCUT2D eigenvalue weighted by molar-refractivity contribution is -0.136. The molecule has 3 heterocycles. The Labute approximate surface area is 188 Å². The van der Waals surface area contributed by atoms with Crippen molar-refractivity contribution >= 4 is 17.7 Å². The van der Waals surface area contributed by atoms with E-state index in [1.807, 2.05) is 12.1 Å². The van der Waals surface area contributed by atoms with Crippen molar-refractivity contribution in [2.45, 2.75) is 32.0 Å². The third-order valence-electron chi connectivity index (χ3n) is 5.67. The topological polar surface area (TPSA) is 130 Å². The number of carbonyl (C=O) groups excluding carboxylic acids is 3. The molecule has 3 aromatic rings. The Kier molecular flexibility index (Phi) is 5.06. The van der Waals surface area contributed by atoms with Gasteiger partial charge in [-0.1, -0.05) is 17.3 Å². The summed E-state index contributed by atoms with van der Waals surface area (Å²) in [6.07, 6.45) is 2.24. The van der Waals surface area contributed by atoms with Crippen molar-refractivity contribution < 1.29 is 19.1 Å². The largest absolute Gasteiger partial charge is 0.487 e. The van der Waals surface area contributed by atoms with Gasteiger partial charge in [0.05, 0.1) is 23.5 Å². The molecule has 33 heavy (non-hydrogen) atoms. The molecule has 1 unspecified atom stereocenters. The van der Waals surface area contributed by atoms with Gasteiger partial charge in [-0.05, 0) is 42.3 Å². The SMILES string of the molecule is N#Cc1cccc(OCc2cn(-c3ccc4c(c3)C(=O)N(C3CCC(=O)NC3=O)C4)nn2)c1. The van der Waals surface area contributed by atoms with Crippen LogP contribution in [-0.2, 0) is 22.7 Å². The minimum Gasteiger partial charge on any atom is -0.487 e. The average molecular weight is 442 g/mol. The van der Waals surface area contributed by atoms with Crippen molar-refractivity contribution in [2.75, 3.05) is 0 Å². The average Bonchev–Trinajstić information content (AvgIpc) is 3.42. The van der Waals surface area contributed by atoms with Crippen molar-refractivity contribution in [1.29, 1.82) is 5.26 Å². The highest BCUT2D eigenvalue weighted by Gasteiger charge is 2.39. The van der Waals surface area contributed by atoms with E-state index in [0.717, 1.165) is 5.56 Å². The maximum absolute atomic E-state index is 13.0. The molecule has 2 aliphatic heterocycles. The van der Waals surface area contributed by atoms with E-state index in [2.05, 4.69) is 21.7 Å². The molecule has 1 saturated heterocycles. The fourth-order valence-electron chi connectivity index (χ4n) is 3.99. The minimum atomic E-state index is -0.652. The summed E-state index contributed by atoms with van der Waals surface area (Å²) in [6.45, 7) is 0.487. The molecule has 0 aliphatic carbocycles. The molecule has 1 aromatic heterocycles. The summed E-state index contributed by atoms with van der Waals surface area (Å²) < 4.78 is 7.23. The molecule has 2 aliphatic rings. The molecule has 2 aromatic carbocycles. The van der Waals surface area contributed by atoms with E-state index < -0.39 is 11.9 Å². The fraction of sp³-hybridized carbons (Fsp3) is 0.217. The number of aromatic nitrogens is 3. The van der Waals surface area contributed by atoms with Crippen molar-refractivity contribution in [3.63, 3.8) is 0 Å². The molecular formula is C23H18N6O4. The van der Waals surface area contributed by atoms with E-state index >= 15 is 0 Å². The number of nitrogens with one attached hydrogen (secondary N) is 1. The number of piperidine rings is 1. The molecule has 0 radical (unpaired) electrons. The molecule has 0 bridgehead atoms. The first kappa shape index (κ1) is 20.4. The molecule has 10 heteroatoms. The van der Waals surface area contributed by atoms with Gasteiger partial charge in [-0.2, -0.15) is 5.26 Å². The number of rotatable bonds is 5. The lowest BCUT2D eigenvalue weighted by Crippen LogP contribution is -2.52. The van der Waals surface area contributed by atoms with Gasteiger partial charge in [0, 0.05) is 18.5 Å². The number of nitrogens with zero attached hydrogens (tertiary/aromatic N) is 5. The van der Waals surface area contributed by atoms with Gasteiger partial charge in [0.1, 0.15) is 24.1 Å². The van der Waals surface area contributed by atoms with Gasteiger partial charge in [-0.25, -0.2) is 4.68 Å². The summed E-state index contributed by atoms with van der Waals surface area (Å²) in [5.41, 5.74) is 3.05. The predicted molar refractivity (Wildman–Crippen MR) is 113 cm³/mol. The molecule has 1 N–H and O–H groups in total. The van der Waals surface area contributed by atoms with E-state index in [9.17, 15) is 14.4 Å². The second kappa shape index (κ2) is 8.20. The van der Waals surface area contributed by atoms with Crippen LogP contribution in [0.15, 0.2) is 48.7 Å². The normalized spacial score (nSPS) is 17.5. The van der Waals surface area contributed by atoms with Crippen LogP contribution in [0, 0.1) is 11.3 Å². The number of benzene rings is 2. The first-order valence-corrected chi connectivity index (χ1v) is 10.3. The molecule has 0 saturated carbocycles. The lowest BCUT2D eigenvalue weighted by atomic mass is 10.0. The highest BCUT2D eigenvalue weighted by Crippen LogP contribution is 2.29. The van der Waals surface area contributed by atoms with Crippen LogP contribution in [0.5, 0.6) is 5.75 Å². The van der Waals surface area contributed by atoms with Crippen molar-refractivity contribution in [1.82, 2.24) is 25.2 Å². The second-order valence-corrected chi connectivity index (χ2v) is 7.82. The zero-order chi connectivity index (χ0) is 22.9. The Bertz CT molecular complexity index is 1320.